The summed E-state index contributed by atoms with van der Waals surface area (Å²) in [7, 11) is 1.65. The number of benzene rings is 2. The molecule has 0 N–H and O–H groups in total. The number of carbonyl (C=O) groups is 1. The van der Waals surface area contributed by atoms with Gasteiger partial charge in [-0.15, -0.1) is 0 Å². The molecule has 6 heteroatoms. The van der Waals surface area contributed by atoms with Crippen molar-refractivity contribution in [2.45, 2.75) is 32.7 Å². The SMILES string of the molecule is COc1cc(/C=C2\CCCN(C(C)c3ccc(Cl)cc3)C2=O)ccc1-n1cnc(C)c1. The molecular weight excluding hydrogens is 410 g/mol. The minimum absolute atomic E-state index is 0.00476. The molecule has 0 saturated carbocycles. The van der Waals surface area contributed by atoms with Gasteiger partial charge in [-0.1, -0.05) is 29.8 Å². The fraction of sp³-hybridized carbons (Fsp3) is 0.280. The van der Waals surface area contributed by atoms with Crippen LogP contribution in [0.15, 0.2) is 60.6 Å². The second-order valence-electron chi connectivity index (χ2n) is 7.85. The van der Waals surface area contributed by atoms with E-state index in [1.807, 2.05) is 71.1 Å². The Morgan fingerprint density at radius 1 is 1.19 bits per heavy atom. The molecule has 2 heterocycles. The number of hydrogen-bond acceptors (Lipinski definition) is 3. The van der Waals surface area contributed by atoms with E-state index >= 15 is 0 Å². The first kappa shape index (κ1) is 21.2. The van der Waals surface area contributed by atoms with Crippen molar-refractivity contribution in [3.8, 4) is 11.4 Å². The first-order valence-electron chi connectivity index (χ1n) is 10.4. The Kier molecular flexibility index (Phi) is 6.14. The molecule has 0 spiro atoms. The van der Waals surface area contributed by atoms with Gasteiger partial charge in [0.15, 0.2) is 0 Å². The predicted molar refractivity (Wildman–Crippen MR) is 124 cm³/mol. The van der Waals surface area contributed by atoms with Crippen LogP contribution in [0.1, 0.15) is 42.6 Å². The Labute approximate surface area is 187 Å². The van der Waals surface area contributed by atoms with Gasteiger partial charge in [0, 0.05) is 23.3 Å². The van der Waals surface area contributed by atoms with Gasteiger partial charge in [-0.25, -0.2) is 4.98 Å². The van der Waals surface area contributed by atoms with Crippen LogP contribution in [0, 0.1) is 6.92 Å². The lowest BCUT2D eigenvalue weighted by Crippen LogP contribution is -2.38. The number of carbonyl (C=O) groups excluding carboxylic acids is 1. The van der Waals surface area contributed by atoms with E-state index in [0.717, 1.165) is 53.2 Å². The number of likely N-dealkylation sites (tertiary alicyclic amines) is 1. The van der Waals surface area contributed by atoms with Crippen LogP contribution >= 0.6 is 11.6 Å². The number of halogens is 1. The smallest absolute Gasteiger partial charge is 0.250 e. The number of piperidine rings is 1. The molecule has 3 aromatic rings. The molecule has 0 aliphatic carbocycles. The Morgan fingerprint density at radius 2 is 1.97 bits per heavy atom. The molecule has 1 amide bonds. The van der Waals surface area contributed by atoms with Gasteiger partial charge in [-0.05, 0) is 68.2 Å². The quantitative estimate of drug-likeness (QED) is 0.489. The van der Waals surface area contributed by atoms with E-state index in [4.69, 9.17) is 16.3 Å². The maximum atomic E-state index is 13.2. The molecule has 0 bridgehead atoms. The molecule has 0 radical (unpaired) electrons. The number of hydrogen-bond donors (Lipinski definition) is 0. The van der Waals surface area contributed by atoms with Crippen LogP contribution < -0.4 is 4.74 Å². The lowest BCUT2D eigenvalue weighted by Gasteiger charge is -2.34. The zero-order valence-electron chi connectivity index (χ0n) is 18.0. The maximum Gasteiger partial charge on any atom is 0.250 e. The summed E-state index contributed by atoms with van der Waals surface area (Å²) in [6.45, 7) is 4.77. The van der Waals surface area contributed by atoms with Crippen LogP contribution in [0.3, 0.4) is 0 Å². The summed E-state index contributed by atoms with van der Waals surface area (Å²) < 4.78 is 7.55. The number of nitrogens with zero attached hydrogens (tertiary/aromatic N) is 3. The van der Waals surface area contributed by atoms with Crippen LogP contribution in [-0.2, 0) is 4.79 Å². The van der Waals surface area contributed by atoms with Crippen molar-refractivity contribution in [3.63, 3.8) is 0 Å². The summed E-state index contributed by atoms with van der Waals surface area (Å²) in [6, 6.07) is 13.7. The highest BCUT2D eigenvalue weighted by Crippen LogP contribution is 2.31. The lowest BCUT2D eigenvalue weighted by atomic mass is 9.97. The molecule has 4 rings (SSSR count). The molecule has 5 nitrogen and oxygen atoms in total. The summed E-state index contributed by atoms with van der Waals surface area (Å²) in [4.78, 5) is 19.5. The molecule has 1 aliphatic rings. The van der Waals surface area contributed by atoms with Gasteiger partial charge in [-0.3, -0.25) is 4.79 Å². The summed E-state index contributed by atoms with van der Waals surface area (Å²) in [5.41, 5.74) is 4.71. The van der Waals surface area contributed by atoms with E-state index in [1.54, 1.807) is 13.4 Å². The molecular formula is C25H26ClN3O2. The molecule has 31 heavy (non-hydrogen) atoms. The van der Waals surface area contributed by atoms with Crippen LogP contribution in [-0.4, -0.2) is 34.0 Å². The molecule has 1 unspecified atom stereocenters. The van der Waals surface area contributed by atoms with Crippen LogP contribution in [0.5, 0.6) is 5.75 Å². The van der Waals surface area contributed by atoms with Crippen molar-refractivity contribution in [2.75, 3.05) is 13.7 Å². The predicted octanol–water partition coefficient (Wildman–Crippen LogP) is 5.61. The van der Waals surface area contributed by atoms with Crippen molar-refractivity contribution in [1.29, 1.82) is 0 Å². The monoisotopic (exact) mass is 435 g/mol. The van der Waals surface area contributed by atoms with Gasteiger partial charge in [0.05, 0.1) is 30.9 Å². The van der Waals surface area contributed by atoms with E-state index in [2.05, 4.69) is 11.9 Å². The van der Waals surface area contributed by atoms with Crippen LogP contribution in [0.2, 0.25) is 5.02 Å². The topological polar surface area (TPSA) is 47.4 Å². The average Bonchev–Trinajstić information content (AvgIpc) is 3.21. The van der Waals surface area contributed by atoms with E-state index in [0.29, 0.717) is 5.02 Å². The molecule has 1 aliphatic heterocycles. The van der Waals surface area contributed by atoms with Gasteiger partial charge >= 0.3 is 0 Å². The number of aromatic nitrogens is 2. The van der Waals surface area contributed by atoms with Crippen molar-refractivity contribution < 1.29 is 9.53 Å². The number of amides is 1. The first-order chi connectivity index (χ1) is 15.0. The van der Waals surface area contributed by atoms with E-state index in [9.17, 15) is 4.79 Å². The van der Waals surface area contributed by atoms with Gasteiger partial charge in [0.25, 0.3) is 0 Å². The molecule has 1 saturated heterocycles. The Bertz CT molecular complexity index is 1120. The number of ether oxygens (including phenoxy) is 1. The molecule has 1 atom stereocenters. The summed E-state index contributed by atoms with van der Waals surface area (Å²) in [6.07, 6.45) is 7.42. The standard InChI is InChI=1S/C25H26ClN3O2/c1-17-15-28(16-27-17)23-11-6-19(14-24(23)31-3)13-21-5-4-12-29(25(21)30)18(2)20-7-9-22(26)10-8-20/h6-11,13-16,18H,4-5,12H2,1-3H3/b21-13+. The van der Waals surface area contributed by atoms with Crippen molar-refractivity contribution in [3.05, 3.63) is 82.4 Å². The third-order valence-electron chi connectivity index (χ3n) is 5.74. The van der Waals surface area contributed by atoms with E-state index < -0.39 is 0 Å². The second-order valence-corrected chi connectivity index (χ2v) is 8.29. The average molecular weight is 436 g/mol. The summed E-state index contributed by atoms with van der Waals surface area (Å²) in [5.74, 6) is 0.823. The van der Waals surface area contributed by atoms with Gasteiger partial charge in [0.2, 0.25) is 5.91 Å². The lowest BCUT2D eigenvalue weighted by molar-refractivity contribution is -0.130. The fourth-order valence-corrected chi connectivity index (χ4v) is 4.13. The molecule has 1 fully saturated rings. The second kappa shape index (κ2) is 8.98. The zero-order valence-corrected chi connectivity index (χ0v) is 18.8. The number of imidazole rings is 1. The van der Waals surface area contributed by atoms with Crippen molar-refractivity contribution in [2.24, 2.45) is 0 Å². The Hall–Kier alpha value is -3.05. The third kappa shape index (κ3) is 4.52. The fourth-order valence-electron chi connectivity index (χ4n) is 4.01. The van der Waals surface area contributed by atoms with Gasteiger partial charge in [0.1, 0.15) is 5.75 Å². The Balaban J connectivity index is 1.59. The van der Waals surface area contributed by atoms with Crippen molar-refractivity contribution in [1.82, 2.24) is 14.5 Å². The number of rotatable bonds is 5. The van der Waals surface area contributed by atoms with Crippen LogP contribution in [0.25, 0.3) is 11.8 Å². The first-order valence-corrected chi connectivity index (χ1v) is 10.8. The van der Waals surface area contributed by atoms with Gasteiger partial charge < -0.3 is 14.2 Å². The minimum Gasteiger partial charge on any atom is -0.495 e. The maximum absolute atomic E-state index is 13.2. The normalized spacial score (nSPS) is 16.6. The summed E-state index contributed by atoms with van der Waals surface area (Å²) >= 11 is 6.02. The number of aryl methyl sites for hydroxylation is 1. The van der Waals surface area contributed by atoms with Crippen LogP contribution in [0.4, 0.5) is 0 Å². The highest BCUT2D eigenvalue weighted by Gasteiger charge is 2.27. The van der Waals surface area contributed by atoms with E-state index in [1.165, 1.54) is 0 Å². The molecule has 160 valence electrons. The van der Waals surface area contributed by atoms with Gasteiger partial charge in [-0.2, -0.15) is 0 Å². The van der Waals surface area contributed by atoms with Crippen molar-refractivity contribution >= 4 is 23.6 Å². The summed E-state index contributed by atoms with van der Waals surface area (Å²) in [5, 5.41) is 0.699. The van der Waals surface area contributed by atoms with E-state index in [-0.39, 0.29) is 11.9 Å². The largest absolute Gasteiger partial charge is 0.495 e. The highest BCUT2D eigenvalue weighted by molar-refractivity contribution is 6.30. The molecule has 2 aromatic carbocycles. The zero-order chi connectivity index (χ0) is 22.0. The third-order valence-corrected chi connectivity index (χ3v) is 5.99. The molecule has 1 aromatic heterocycles. The Morgan fingerprint density at radius 3 is 2.65 bits per heavy atom. The minimum atomic E-state index is -0.00476. The highest BCUT2D eigenvalue weighted by atomic mass is 35.5. The number of methoxy groups -OCH3 is 1.